The smallest absolute Gasteiger partial charge is 0.306 e. The Morgan fingerprint density at radius 2 is 1.96 bits per heavy atom. The fourth-order valence-corrected chi connectivity index (χ4v) is 4.26. The van der Waals surface area contributed by atoms with Crippen LogP contribution in [-0.2, 0) is 11.2 Å². The molecule has 27 heavy (non-hydrogen) atoms. The Bertz CT molecular complexity index is 817. The lowest BCUT2D eigenvalue weighted by Crippen LogP contribution is -2.17. The number of benzene rings is 2. The lowest BCUT2D eigenvalue weighted by molar-refractivity contribution is -0.141. The number of hydrogen-bond donors (Lipinski definition) is 1. The highest BCUT2D eigenvalue weighted by molar-refractivity contribution is 6.35. The summed E-state index contributed by atoms with van der Waals surface area (Å²) < 4.78 is 5.48. The predicted molar refractivity (Wildman–Crippen MR) is 111 cm³/mol. The number of aliphatic carboxylic acids is 1. The summed E-state index contributed by atoms with van der Waals surface area (Å²) in [6, 6.07) is 9.55. The van der Waals surface area contributed by atoms with E-state index in [4.69, 9.17) is 27.9 Å². The molecule has 1 N–H and O–H groups in total. The topological polar surface area (TPSA) is 46.5 Å². The van der Waals surface area contributed by atoms with Gasteiger partial charge in [-0.25, -0.2) is 0 Å². The summed E-state index contributed by atoms with van der Waals surface area (Å²) in [5.74, 6) is -0.704. The molecule has 2 aromatic rings. The fraction of sp³-hybridized carbons (Fsp3) is 0.409. The molecular formula is C22H26Cl2O3. The zero-order chi connectivity index (χ0) is 20.1. The van der Waals surface area contributed by atoms with E-state index in [1.165, 1.54) is 0 Å². The highest BCUT2D eigenvalue weighted by Crippen LogP contribution is 2.42. The predicted octanol–water partition coefficient (Wildman–Crippen LogP) is 6.51. The van der Waals surface area contributed by atoms with E-state index in [0.29, 0.717) is 16.5 Å². The van der Waals surface area contributed by atoms with Crippen LogP contribution in [0.4, 0.5) is 0 Å². The summed E-state index contributed by atoms with van der Waals surface area (Å²) in [5.41, 5.74) is 4.06. The van der Waals surface area contributed by atoms with Crippen molar-refractivity contribution in [3.63, 3.8) is 0 Å². The molecule has 0 saturated carbocycles. The average molecular weight is 409 g/mol. The van der Waals surface area contributed by atoms with Crippen LogP contribution in [0.15, 0.2) is 30.3 Å². The molecule has 0 aliphatic heterocycles. The molecule has 2 unspecified atom stereocenters. The van der Waals surface area contributed by atoms with Crippen LogP contribution in [0.25, 0.3) is 0 Å². The molecule has 0 fully saturated rings. The summed E-state index contributed by atoms with van der Waals surface area (Å²) in [6.45, 7) is 5.83. The molecule has 3 nitrogen and oxygen atoms in total. The molecule has 0 aliphatic carbocycles. The standard InChI is InChI=1S/C22H26Cl2O3/c1-5-7-15-11-16(23)12-19(24)21(15)18(10-13(2)22(25)26)17-8-6-9-20(27-4)14(17)3/h6,8-9,11-13,18H,5,7,10H2,1-4H3,(H,25,26). The second-order valence-corrected chi connectivity index (χ2v) is 7.76. The molecule has 0 aliphatic rings. The molecule has 0 saturated heterocycles. The van der Waals surface area contributed by atoms with Gasteiger partial charge in [0.2, 0.25) is 0 Å². The van der Waals surface area contributed by atoms with Crippen molar-refractivity contribution in [1.82, 2.24) is 0 Å². The van der Waals surface area contributed by atoms with Crippen molar-refractivity contribution in [3.8, 4) is 5.75 Å². The first kappa shape index (κ1) is 21.6. The number of rotatable bonds is 8. The third-order valence-corrected chi connectivity index (χ3v) is 5.51. The van der Waals surface area contributed by atoms with Crippen molar-refractivity contribution in [1.29, 1.82) is 0 Å². The van der Waals surface area contributed by atoms with Crippen molar-refractivity contribution in [2.24, 2.45) is 5.92 Å². The summed E-state index contributed by atoms with van der Waals surface area (Å²) >= 11 is 12.9. The van der Waals surface area contributed by atoms with Crippen molar-refractivity contribution in [2.45, 2.75) is 46.0 Å². The SMILES string of the molecule is CCCc1cc(Cl)cc(Cl)c1C(CC(C)C(=O)O)c1cccc(OC)c1C. The minimum atomic E-state index is -0.817. The number of hydrogen-bond acceptors (Lipinski definition) is 2. The number of carbonyl (C=O) groups is 1. The summed E-state index contributed by atoms with van der Waals surface area (Å²) in [7, 11) is 1.64. The van der Waals surface area contributed by atoms with Crippen LogP contribution in [0, 0.1) is 12.8 Å². The van der Waals surface area contributed by atoms with Gasteiger partial charge in [-0.1, -0.05) is 55.6 Å². The lowest BCUT2D eigenvalue weighted by Gasteiger charge is -2.26. The van der Waals surface area contributed by atoms with Crippen LogP contribution in [0.1, 0.15) is 54.9 Å². The van der Waals surface area contributed by atoms with Gasteiger partial charge in [-0.3, -0.25) is 4.79 Å². The third-order valence-electron chi connectivity index (χ3n) is 4.98. The summed E-state index contributed by atoms with van der Waals surface area (Å²) in [4.78, 5) is 11.6. The molecule has 2 aromatic carbocycles. The van der Waals surface area contributed by atoms with E-state index < -0.39 is 11.9 Å². The van der Waals surface area contributed by atoms with Crippen LogP contribution >= 0.6 is 23.2 Å². The normalized spacial score (nSPS) is 13.3. The van der Waals surface area contributed by atoms with Gasteiger partial charge in [-0.05, 0) is 60.2 Å². The van der Waals surface area contributed by atoms with Gasteiger partial charge >= 0.3 is 5.97 Å². The number of ether oxygens (including phenoxy) is 1. The van der Waals surface area contributed by atoms with Gasteiger partial charge in [0.05, 0.1) is 13.0 Å². The first-order valence-electron chi connectivity index (χ1n) is 9.14. The second-order valence-electron chi connectivity index (χ2n) is 6.91. The molecule has 146 valence electrons. The highest BCUT2D eigenvalue weighted by atomic mass is 35.5. The summed E-state index contributed by atoms with van der Waals surface area (Å²) in [6.07, 6.45) is 2.22. The molecule has 0 spiro atoms. The first-order chi connectivity index (χ1) is 12.8. The van der Waals surface area contributed by atoms with Crippen molar-refractivity contribution >= 4 is 29.2 Å². The Labute approximate surface area is 171 Å². The van der Waals surface area contributed by atoms with Crippen LogP contribution in [0.3, 0.4) is 0 Å². The Morgan fingerprint density at radius 3 is 2.56 bits per heavy atom. The average Bonchev–Trinajstić information content (AvgIpc) is 2.60. The van der Waals surface area contributed by atoms with E-state index >= 15 is 0 Å². The van der Waals surface area contributed by atoms with E-state index in [-0.39, 0.29) is 5.92 Å². The monoisotopic (exact) mass is 408 g/mol. The van der Waals surface area contributed by atoms with Crippen molar-refractivity contribution in [2.75, 3.05) is 7.11 Å². The van der Waals surface area contributed by atoms with Gasteiger partial charge in [0.25, 0.3) is 0 Å². The lowest BCUT2D eigenvalue weighted by atomic mass is 9.79. The highest BCUT2D eigenvalue weighted by Gasteiger charge is 2.27. The zero-order valence-electron chi connectivity index (χ0n) is 16.2. The van der Waals surface area contributed by atoms with Gasteiger partial charge in [0, 0.05) is 16.0 Å². The largest absolute Gasteiger partial charge is 0.496 e. The molecule has 0 aromatic heterocycles. The van der Waals surface area contributed by atoms with Crippen LogP contribution in [0.2, 0.25) is 10.0 Å². The third kappa shape index (κ3) is 4.97. The van der Waals surface area contributed by atoms with Gasteiger partial charge < -0.3 is 9.84 Å². The molecule has 5 heteroatoms. The van der Waals surface area contributed by atoms with Crippen molar-refractivity contribution in [3.05, 3.63) is 62.6 Å². The van der Waals surface area contributed by atoms with Crippen LogP contribution < -0.4 is 4.74 Å². The minimum Gasteiger partial charge on any atom is -0.496 e. The van der Waals surface area contributed by atoms with Crippen LogP contribution in [-0.4, -0.2) is 18.2 Å². The number of methoxy groups -OCH3 is 1. The molecular weight excluding hydrogens is 383 g/mol. The number of halogens is 2. The molecule has 0 radical (unpaired) electrons. The maximum absolute atomic E-state index is 11.6. The van der Waals surface area contributed by atoms with E-state index in [9.17, 15) is 9.90 Å². The van der Waals surface area contributed by atoms with Gasteiger partial charge in [-0.2, -0.15) is 0 Å². The maximum atomic E-state index is 11.6. The Balaban J connectivity index is 2.70. The van der Waals surface area contributed by atoms with Gasteiger partial charge in [0.1, 0.15) is 5.75 Å². The van der Waals surface area contributed by atoms with E-state index in [1.54, 1.807) is 20.1 Å². The van der Waals surface area contributed by atoms with E-state index in [0.717, 1.165) is 40.8 Å². The molecule has 0 bridgehead atoms. The first-order valence-corrected chi connectivity index (χ1v) is 9.89. The Morgan fingerprint density at radius 1 is 1.26 bits per heavy atom. The van der Waals surface area contributed by atoms with E-state index in [2.05, 4.69) is 6.92 Å². The van der Waals surface area contributed by atoms with Gasteiger partial charge in [-0.15, -0.1) is 0 Å². The van der Waals surface area contributed by atoms with Crippen LogP contribution in [0.5, 0.6) is 5.75 Å². The number of carboxylic acids is 1. The number of carboxylic acid groups (broad SMARTS) is 1. The Kier molecular flexibility index (Phi) is 7.58. The quantitative estimate of drug-likeness (QED) is 0.541. The molecule has 0 amide bonds. The molecule has 2 atom stereocenters. The second kappa shape index (κ2) is 9.48. The maximum Gasteiger partial charge on any atom is 0.306 e. The van der Waals surface area contributed by atoms with Gasteiger partial charge in [0.15, 0.2) is 0 Å². The van der Waals surface area contributed by atoms with Crippen molar-refractivity contribution < 1.29 is 14.6 Å². The molecule has 0 heterocycles. The Hall–Kier alpha value is -1.71. The zero-order valence-corrected chi connectivity index (χ0v) is 17.7. The summed E-state index contributed by atoms with van der Waals surface area (Å²) in [5, 5.41) is 10.7. The number of aryl methyl sites for hydroxylation is 1. The molecule has 2 rings (SSSR count). The fourth-order valence-electron chi connectivity index (χ4n) is 3.59. The minimum absolute atomic E-state index is 0.155. The van der Waals surface area contributed by atoms with E-state index in [1.807, 2.05) is 31.2 Å².